The van der Waals surface area contributed by atoms with Crippen molar-refractivity contribution >= 4 is 22.3 Å². The molecule has 0 radical (unpaired) electrons. The van der Waals surface area contributed by atoms with Gasteiger partial charge in [-0.2, -0.15) is 0 Å². The van der Waals surface area contributed by atoms with Crippen molar-refractivity contribution in [1.82, 2.24) is 15.6 Å². The van der Waals surface area contributed by atoms with Gasteiger partial charge < -0.3 is 30.1 Å². The molecule has 1 atom stereocenters. The second-order valence-electron chi connectivity index (χ2n) is 7.83. The molecule has 2 aliphatic rings. The van der Waals surface area contributed by atoms with Crippen LogP contribution in [0.15, 0.2) is 36.1 Å². The van der Waals surface area contributed by atoms with Crippen LogP contribution in [0.2, 0.25) is 0 Å². The van der Waals surface area contributed by atoms with Gasteiger partial charge in [-0.05, 0) is 37.8 Å². The third-order valence-electron chi connectivity index (χ3n) is 5.75. The van der Waals surface area contributed by atoms with Crippen molar-refractivity contribution in [3.8, 4) is 5.75 Å². The summed E-state index contributed by atoms with van der Waals surface area (Å²) in [5.74, 6) is 0.851. The fourth-order valence-electron chi connectivity index (χ4n) is 4.00. The number of pyridine rings is 1. The minimum absolute atomic E-state index is 0.155. The molecule has 1 unspecified atom stereocenters. The summed E-state index contributed by atoms with van der Waals surface area (Å²) in [5.41, 5.74) is 3.24. The number of fused-ring (bicyclic) bond motifs is 1. The van der Waals surface area contributed by atoms with E-state index in [0.717, 1.165) is 54.3 Å². The monoisotopic (exact) mass is 428 g/mol. The topological polar surface area (TPSA) is 78.9 Å². The van der Waals surface area contributed by atoms with Crippen LogP contribution >= 0.6 is 0 Å². The summed E-state index contributed by atoms with van der Waals surface area (Å²) < 4.78 is 25.4. The first-order valence-corrected chi connectivity index (χ1v) is 10.6. The highest BCUT2D eigenvalue weighted by molar-refractivity contribution is 5.94. The summed E-state index contributed by atoms with van der Waals surface area (Å²) in [6, 6.07) is 5.12. The van der Waals surface area contributed by atoms with Crippen LogP contribution in [0.3, 0.4) is 0 Å². The average Bonchev–Trinajstić information content (AvgIpc) is 3.28. The molecule has 2 aliphatic heterocycles. The largest absolute Gasteiger partial charge is 0.495 e. The first kappa shape index (κ1) is 21.4. The Kier molecular flexibility index (Phi) is 6.58. The van der Waals surface area contributed by atoms with Gasteiger partial charge in [0.15, 0.2) is 11.6 Å². The van der Waals surface area contributed by atoms with Crippen LogP contribution in [0.25, 0.3) is 16.6 Å². The van der Waals surface area contributed by atoms with Crippen LogP contribution < -0.4 is 20.3 Å². The fourth-order valence-corrected chi connectivity index (χ4v) is 4.00. The Bertz CT molecular complexity index is 1010. The van der Waals surface area contributed by atoms with Gasteiger partial charge in [-0.15, -0.1) is 0 Å². The van der Waals surface area contributed by atoms with Gasteiger partial charge in [-0.3, -0.25) is 0 Å². The summed E-state index contributed by atoms with van der Waals surface area (Å²) in [4.78, 5) is 6.99. The molecule has 0 saturated carbocycles. The fraction of sp³-hybridized carbons (Fsp3) is 0.435. The number of allylic oxidation sites excluding steroid dienone is 2. The molecule has 8 heteroatoms. The van der Waals surface area contributed by atoms with Crippen molar-refractivity contribution in [3.05, 3.63) is 47.6 Å². The number of aliphatic hydroxyl groups is 1. The summed E-state index contributed by atoms with van der Waals surface area (Å²) in [5, 5.41) is 16.7. The quantitative estimate of drug-likeness (QED) is 0.557. The van der Waals surface area contributed by atoms with Crippen LogP contribution in [0.1, 0.15) is 12.1 Å². The normalized spacial score (nSPS) is 18.6. The van der Waals surface area contributed by atoms with E-state index >= 15 is 0 Å². The number of aliphatic hydroxyl groups excluding tert-OH is 1. The number of nitrogens with zero attached hydrogens (tertiary/aromatic N) is 2. The highest BCUT2D eigenvalue weighted by atomic mass is 19.1. The van der Waals surface area contributed by atoms with Crippen LogP contribution in [0, 0.1) is 11.7 Å². The first-order chi connectivity index (χ1) is 15.1. The Morgan fingerprint density at radius 1 is 1.32 bits per heavy atom. The van der Waals surface area contributed by atoms with Gasteiger partial charge >= 0.3 is 0 Å². The smallest absolute Gasteiger partial charge is 0.165 e. The van der Waals surface area contributed by atoms with Crippen molar-refractivity contribution in [1.29, 1.82) is 0 Å². The van der Waals surface area contributed by atoms with E-state index in [2.05, 4.69) is 15.5 Å². The number of hydrogen-bond donors (Lipinski definition) is 3. The Hall–Kier alpha value is -2.84. The van der Waals surface area contributed by atoms with E-state index in [1.165, 1.54) is 13.2 Å². The second kappa shape index (κ2) is 9.53. The van der Waals surface area contributed by atoms with Gasteiger partial charge in [0, 0.05) is 49.3 Å². The van der Waals surface area contributed by atoms with Crippen LogP contribution in [-0.4, -0.2) is 63.6 Å². The van der Waals surface area contributed by atoms with Crippen LogP contribution in [0.4, 0.5) is 10.1 Å². The highest BCUT2D eigenvalue weighted by Crippen LogP contribution is 2.35. The predicted octanol–water partition coefficient (Wildman–Crippen LogP) is 2.27. The molecule has 1 fully saturated rings. The molecule has 166 valence electrons. The molecule has 0 aliphatic carbocycles. The second-order valence-corrected chi connectivity index (χ2v) is 7.83. The molecule has 3 heterocycles. The number of dihydropyridines is 1. The average molecular weight is 429 g/mol. The number of aromatic nitrogens is 1. The lowest BCUT2D eigenvalue weighted by Gasteiger charge is -2.23. The van der Waals surface area contributed by atoms with E-state index in [1.807, 2.05) is 25.3 Å². The minimum atomic E-state index is -0.412. The van der Waals surface area contributed by atoms with Crippen molar-refractivity contribution in [2.75, 3.05) is 58.5 Å². The SMILES string of the molecule is CNCCOC1=CC=C(c2cc(N3CCC(CO)C3)c3cc(F)c(OC)cc3n2)NC1. The lowest BCUT2D eigenvalue weighted by atomic mass is 10.1. The minimum Gasteiger partial charge on any atom is -0.495 e. The summed E-state index contributed by atoms with van der Waals surface area (Å²) in [6.07, 6.45) is 4.82. The molecule has 7 nitrogen and oxygen atoms in total. The van der Waals surface area contributed by atoms with Crippen molar-refractivity contribution in [2.24, 2.45) is 5.92 Å². The summed E-state index contributed by atoms with van der Waals surface area (Å²) in [6.45, 7) is 3.67. The van der Waals surface area contributed by atoms with Crippen molar-refractivity contribution in [2.45, 2.75) is 6.42 Å². The molecule has 1 aromatic carbocycles. The third kappa shape index (κ3) is 4.60. The van der Waals surface area contributed by atoms with Crippen LogP contribution in [0.5, 0.6) is 5.75 Å². The maximum Gasteiger partial charge on any atom is 0.165 e. The molecule has 2 aromatic rings. The van der Waals surface area contributed by atoms with Gasteiger partial charge in [0.2, 0.25) is 0 Å². The number of rotatable bonds is 8. The number of methoxy groups -OCH3 is 1. The lowest BCUT2D eigenvalue weighted by Crippen LogP contribution is -2.24. The highest BCUT2D eigenvalue weighted by Gasteiger charge is 2.25. The summed E-state index contributed by atoms with van der Waals surface area (Å²) in [7, 11) is 3.34. The Balaban J connectivity index is 1.72. The van der Waals surface area contributed by atoms with E-state index < -0.39 is 5.82 Å². The molecule has 3 N–H and O–H groups in total. The Labute approximate surface area is 181 Å². The number of anilines is 1. The molecule has 0 spiro atoms. The van der Waals surface area contributed by atoms with E-state index in [4.69, 9.17) is 14.5 Å². The Morgan fingerprint density at radius 3 is 2.87 bits per heavy atom. The van der Waals surface area contributed by atoms with Gasteiger partial charge in [0.25, 0.3) is 0 Å². The molecule has 31 heavy (non-hydrogen) atoms. The maximum absolute atomic E-state index is 14.5. The van der Waals surface area contributed by atoms with E-state index in [0.29, 0.717) is 18.7 Å². The molecular weight excluding hydrogens is 399 g/mol. The zero-order valence-corrected chi connectivity index (χ0v) is 17.9. The first-order valence-electron chi connectivity index (χ1n) is 10.6. The number of benzene rings is 1. The zero-order valence-electron chi connectivity index (χ0n) is 17.9. The maximum atomic E-state index is 14.5. The molecule has 0 bridgehead atoms. The van der Waals surface area contributed by atoms with Gasteiger partial charge in [-0.1, -0.05) is 0 Å². The molecule has 1 aromatic heterocycles. The van der Waals surface area contributed by atoms with E-state index in [1.54, 1.807) is 6.07 Å². The number of nitrogens with one attached hydrogen (secondary N) is 2. The van der Waals surface area contributed by atoms with E-state index in [9.17, 15) is 9.50 Å². The number of likely N-dealkylation sites (N-methyl/N-ethyl adjacent to an activating group) is 1. The standard InChI is InChI=1S/C23H29FN4O3/c1-25-6-8-31-16-3-4-19(26-12-16)21-10-22(28-7-5-15(13-28)14-29)17-9-18(24)23(30-2)11-20(17)27-21/h3-4,9-11,15,25-26,29H,5-8,12-14H2,1-2H3. The zero-order chi connectivity index (χ0) is 21.8. The number of halogens is 1. The molecule has 4 rings (SSSR count). The summed E-state index contributed by atoms with van der Waals surface area (Å²) >= 11 is 0. The van der Waals surface area contributed by atoms with E-state index in [-0.39, 0.29) is 18.3 Å². The van der Waals surface area contributed by atoms with Crippen molar-refractivity contribution in [3.63, 3.8) is 0 Å². The number of ether oxygens (including phenoxy) is 2. The lowest BCUT2D eigenvalue weighted by molar-refractivity contribution is 0.209. The van der Waals surface area contributed by atoms with Crippen LogP contribution in [-0.2, 0) is 4.74 Å². The van der Waals surface area contributed by atoms with Gasteiger partial charge in [0.1, 0.15) is 12.4 Å². The van der Waals surface area contributed by atoms with Gasteiger partial charge in [0.05, 0.1) is 30.6 Å². The van der Waals surface area contributed by atoms with Gasteiger partial charge in [-0.25, -0.2) is 9.37 Å². The number of hydrogen-bond acceptors (Lipinski definition) is 7. The molecule has 1 saturated heterocycles. The van der Waals surface area contributed by atoms with Crippen molar-refractivity contribution < 1.29 is 19.0 Å². The third-order valence-corrected chi connectivity index (χ3v) is 5.75. The molecule has 0 amide bonds. The molecular formula is C23H29FN4O3. The Morgan fingerprint density at radius 2 is 2.19 bits per heavy atom. The predicted molar refractivity (Wildman–Crippen MR) is 120 cm³/mol.